The average Bonchev–Trinajstić information content (AvgIpc) is 2.84. The van der Waals surface area contributed by atoms with Crippen molar-refractivity contribution in [2.45, 2.75) is 58.2 Å². The Morgan fingerprint density at radius 1 is 1.56 bits per heavy atom. The molecule has 1 saturated heterocycles. The van der Waals surface area contributed by atoms with Gasteiger partial charge < -0.3 is 9.15 Å². The lowest BCUT2D eigenvalue weighted by atomic mass is 9.92. The van der Waals surface area contributed by atoms with Crippen LogP contribution in [-0.2, 0) is 9.53 Å². The molecule has 1 aliphatic heterocycles. The summed E-state index contributed by atoms with van der Waals surface area (Å²) >= 11 is 0. The Kier molecular flexibility index (Phi) is 3.91. The Bertz CT molecular complexity index is 394. The molecule has 1 fully saturated rings. The van der Waals surface area contributed by atoms with Gasteiger partial charge in [-0.2, -0.15) is 0 Å². The van der Waals surface area contributed by atoms with Crippen LogP contribution in [0.4, 0.5) is 0 Å². The topological polar surface area (TPSA) is 39.4 Å². The number of carbonyl (C=O) groups excluding carboxylic acids is 1. The van der Waals surface area contributed by atoms with Crippen molar-refractivity contribution in [1.29, 1.82) is 0 Å². The maximum Gasteiger partial charge on any atom is 0.136 e. The Labute approximate surface area is 109 Å². The molecule has 0 aromatic carbocycles. The molecule has 3 nitrogen and oxygen atoms in total. The van der Waals surface area contributed by atoms with Crippen molar-refractivity contribution < 1.29 is 13.9 Å². The van der Waals surface area contributed by atoms with Gasteiger partial charge in [0.05, 0.1) is 24.2 Å². The molecule has 18 heavy (non-hydrogen) atoms. The molecule has 2 rings (SSSR count). The number of furan rings is 1. The molecule has 0 amide bonds. The minimum absolute atomic E-state index is 0.0839. The van der Waals surface area contributed by atoms with E-state index in [9.17, 15) is 4.79 Å². The molecule has 1 aromatic heterocycles. The first-order valence-corrected chi connectivity index (χ1v) is 6.70. The fraction of sp³-hybridized carbons (Fsp3) is 0.667. The molecule has 1 aliphatic rings. The van der Waals surface area contributed by atoms with E-state index in [1.807, 2.05) is 13.0 Å². The molecule has 0 aliphatic carbocycles. The molecule has 0 radical (unpaired) electrons. The minimum atomic E-state index is -0.298. The SMILES string of the molecule is CC(C)CC(=O)C[C@]1(C)CC[C@@H](c2ccoc2)O1. The fourth-order valence-corrected chi connectivity index (χ4v) is 2.67. The molecular formula is C15H22O3. The standard InChI is InChI=1S/C15H22O3/c1-11(2)8-13(16)9-15(3)6-4-14(18-15)12-5-7-17-10-12/h5,7,10-11,14H,4,6,8-9H2,1-3H3/t14-,15-/m0/s1. The molecule has 2 heterocycles. The molecule has 3 heteroatoms. The van der Waals surface area contributed by atoms with Gasteiger partial charge in [0, 0.05) is 18.4 Å². The number of hydrogen-bond acceptors (Lipinski definition) is 3. The maximum atomic E-state index is 11.9. The summed E-state index contributed by atoms with van der Waals surface area (Å²) in [7, 11) is 0. The Morgan fingerprint density at radius 3 is 2.94 bits per heavy atom. The smallest absolute Gasteiger partial charge is 0.136 e. The van der Waals surface area contributed by atoms with Crippen molar-refractivity contribution in [2.75, 3.05) is 0 Å². The highest BCUT2D eigenvalue weighted by atomic mass is 16.5. The normalized spacial score (nSPS) is 27.9. The van der Waals surface area contributed by atoms with Gasteiger partial charge in [-0.1, -0.05) is 13.8 Å². The van der Waals surface area contributed by atoms with Gasteiger partial charge in [-0.25, -0.2) is 0 Å². The first-order valence-electron chi connectivity index (χ1n) is 6.70. The van der Waals surface area contributed by atoms with Gasteiger partial charge in [0.25, 0.3) is 0 Å². The highest BCUT2D eigenvalue weighted by Crippen LogP contribution is 2.41. The van der Waals surface area contributed by atoms with Crippen LogP contribution in [0.25, 0.3) is 0 Å². The summed E-state index contributed by atoms with van der Waals surface area (Å²) in [6.07, 6.45) is 6.55. The number of Topliss-reactive ketones (excluding diaryl/α,β-unsaturated/α-hetero) is 1. The van der Waals surface area contributed by atoms with Gasteiger partial charge in [0.2, 0.25) is 0 Å². The predicted molar refractivity (Wildman–Crippen MR) is 69.3 cm³/mol. The zero-order chi connectivity index (χ0) is 13.2. The molecule has 0 unspecified atom stereocenters. The van der Waals surface area contributed by atoms with Crippen LogP contribution < -0.4 is 0 Å². The van der Waals surface area contributed by atoms with Gasteiger partial charge in [0.15, 0.2) is 0 Å². The highest BCUT2D eigenvalue weighted by molar-refractivity contribution is 5.79. The molecule has 2 atom stereocenters. The van der Waals surface area contributed by atoms with Crippen LogP contribution in [0, 0.1) is 5.92 Å². The van der Waals surface area contributed by atoms with Crippen LogP contribution in [0.2, 0.25) is 0 Å². The molecular weight excluding hydrogens is 228 g/mol. The number of ether oxygens (including phenoxy) is 1. The Balaban J connectivity index is 1.92. The van der Waals surface area contributed by atoms with Crippen LogP contribution in [0.3, 0.4) is 0 Å². The lowest BCUT2D eigenvalue weighted by Crippen LogP contribution is -2.27. The molecule has 100 valence electrons. The van der Waals surface area contributed by atoms with Crippen molar-refractivity contribution in [3.05, 3.63) is 24.2 Å². The molecule has 1 aromatic rings. The van der Waals surface area contributed by atoms with Crippen molar-refractivity contribution in [3.63, 3.8) is 0 Å². The Hall–Kier alpha value is -1.09. The highest BCUT2D eigenvalue weighted by Gasteiger charge is 2.38. The predicted octanol–water partition coefficient (Wildman–Crippen LogP) is 3.90. The van der Waals surface area contributed by atoms with Crippen molar-refractivity contribution in [1.82, 2.24) is 0 Å². The van der Waals surface area contributed by atoms with Gasteiger partial charge in [-0.15, -0.1) is 0 Å². The van der Waals surface area contributed by atoms with Crippen LogP contribution in [0.5, 0.6) is 0 Å². The third kappa shape index (κ3) is 3.22. The Morgan fingerprint density at radius 2 is 2.33 bits per heavy atom. The van der Waals surface area contributed by atoms with Crippen LogP contribution in [0.1, 0.15) is 58.1 Å². The maximum absolute atomic E-state index is 11.9. The third-order valence-corrected chi connectivity index (χ3v) is 3.48. The molecule has 0 bridgehead atoms. The largest absolute Gasteiger partial charge is 0.472 e. The van der Waals surface area contributed by atoms with E-state index in [2.05, 4.69) is 13.8 Å². The zero-order valence-corrected chi connectivity index (χ0v) is 11.4. The van der Waals surface area contributed by atoms with Gasteiger partial charge in [-0.3, -0.25) is 4.79 Å². The second kappa shape index (κ2) is 5.27. The summed E-state index contributed by atoms with van der Waals surface area (Å²) < 4.78 is 11.1. The summed E-state index contributed by atoms with van der Waals surface area (Å²) in [5, 5.41) is 0. The number of hydrogen-bond donors (Lipinski definition) is 0. The van der Waals surface area contributed by atoms with E-state index in [0.717, 1.165) is 18.4 Å². The van der Waals surface area contributed by atoms with Crippen LogP contribution >= 0.6 is 0 Å². The average molecular weight is 250 g/mol. The van der Waals surface area contributed by atoms with E-state index >= 15 is 0 Å². The summed E-state index contributed by atoms with van der Waals surface area (Å²) in [5.41, 5.74) is 0.781. The van der Waals surface area contributed by atoms with Crippen molar-refractivity contribution in [2.24, 2.45) is 5.92 Å². The molecule has 0 spiro atoms. The van der Waals surface area contributed by atoms with E-state index in [-0.39, 0.29) is 11.7 Å². The molecule has 0 N–H and O–H groups in total. The lowest BCUT2D eigenvalue weighted by molar-refractivity contribution is -0.126. The first kappa shape index (κ1) is 13.3. The number of carbonyl (C=O) groups is 1. The quantitative estimate of drug-likeness (QED) is 0.795. The number of rotatable bonds is 5. The second-order valence-corrected chi connectivity index (χ2v) is 5.97. The van der Waals surface area contributed by atoms with E-state index in [4.69, 9.17) is 9.15 Å². The summed E-state index contributed by atoms with van der Waals surface area (Å²) in [6, 6.07) is 1.94. The number of ketones is 1. The monoisotopic (exact) mass is 250 g/mol. The zero-order valence-electron chi connectivity index (χ0n) is 11.4. The fourth-order valence-electron chi connectivity index (χ4n) is 2.67. The van der Waals surface area contributed by atoms with Gasteiger partial charge in [0.1, 0.15) is 5.78 Å². The minimum Gasteiger partial charge on any atom is -0.472 e. The van der Waals surface area contributed by atoms with Crippen molar-refractivity contribution >= 4 is 5.78 Å². The van der Waals surface area contributed by atoms with Gasteiger partial charge in [-0.05, 0) is 31.7 Å². The van der Waals surface area contributed by atoms with E-state index in [0.29, 0.717) is 24.5 Å². The van der Waals surface area contributed by atoms with Crippen LogP contribution in [-0.4, -0.2) is 11.4 Å². The summed E-state index contributed by atoms with van der Waals surface area (Å²) in [4.78, 5) is 11.9. The van der Waals surface area contributed by atoms with E-state index in [1.165, 1.54) is 0 Å². The van der Waals surface area contributed by atoms with E-state index in [1.54, 1.807) is 12.5 Å². The third-order valence-electron chi connectivity index (χ3n) is 3.48. The van der Waals surface area contributed by atoms with Crippen molar-refractivity contribution in [3.8, 4) is 0 Å². The van der Waals surface area contributed by atoms with E-state index < -0.39 is 0 Å². The summed E-state index contributed by atoms with van der Waals surface area (Å²) in [5.74, 6) is 0.729. The summed E-state index contributed by atoms with van der Waals surface area (Å²) in [6.45, 7) is 6.19. The van der Waals surface area contributed by atoms with Gasteiger partial charge >= 0.3 is 0 Å². The molecule has 0 saturated carbocycles. The second-order valence-electron chi connectivity index (χ2n) is 5.97. The first-order chi connectivity index (χ1) is 8.48. The van der Waals surface area contributed by atoms with Crippen LogP contribution in [0.15, 0.2) is 23.0 Å². The lowest BCUT2D eigenvalue weighted by Gasteiger charge is -2.24.